The summed E-state index contributed by atoms with van der Waals surface area (Å²) in [6, 6.07) is 13.4. The number of halogens is 5. The van der Waals surface area contributed by atoms with Gasteiger partial charge in [0.1, 0.15) is 5.82 Å². The molecule has 2 aromatic carbocycles. The van der Waals surface area contributed by atoms with Gasteiger partial charge in [-0.2, -0.15) is 13.2 Å². The molecule has 0 fully saturated rings. The first kappa shape index (κ1) is 21.5. The Hall–Kier alpha value is -2.71. The van der Waals surface area contributed by atoms with Crippen molar-refractivity contribution < 1.29 is 13.2 Å². The van der Waals surface area contributed by atoms with Gasteiger partial charge < -0.3 is 0 Å². The van der Waals surface area contributed by atoms with Crippen molar-refractivity contribution in [3.63, 3.8) is 0 Å². The van der Waals surface area contributed by atoms with Gasteiger partial charge in [0.15, 0.2) is 0 Å². The Balaban J connectivity index is 1.94. The van der Waals surface area contributed by atoms with Crippen molar-refractivity contribution in [3.8, 4) is 11.4 Å². The van der Waals surface area contributed by atoms with Gasteiger partial charge in [0.2, 0.25) is 0 Å². The van der Waals surface area contributed by atoms with E-state index >= 15 is 0 Å². The van der Waals surface area contributed by atoms with Crippen LogP contribution in [-0.4, -0.2) is 14.5 Å². The maximum absolute atomic E-state index is 13.4. The Labute approximate surface area is 188 Å². The highest BCUT2D eigenvalue weighted by Crippen LogP contribution is 2.32. The fraction of sp³-hybridized carbons (Fsp3) is 0.136. The molecule has 0 N–H and O–H groups in total. The van der Waals surface area contributed by atoms with E-state index in [4.69, 9.17) is 11.6 Å². The summed E-state index contributed by atoms with van der Waals surface area (Å²) in [5.41, 5.74) is 0.978. The number of nitrogens with zero attached hydrogens (tertiary/aromatic N) is 3. The lowest BCUT2D eigenvalue weighted by atomic mass is 10.1. The van der Waals surface area contributed by atoms with Crippen LogP contribution in [0.5, 0.6) is 0 Å². The van der Waals surface area contributed by atoms with Gasteiger partial charge >= 0.3 is 6.18 Å². The minimum atomic E-state index is -4.56. The third-order valence-corrected chi connectivity index (χ3v) is 5.68. The minimum absolute atomic E-state index is 0.130. The predicted octanol–water partition coefficient (Wildman–Crippen LogP) is 6.25. The highest BCUT2D eigenvalue weighted by atomic mass is 79.9. The van der Waals surface area contributed by atoms with Crippen molar-refractivity contribution in [3.05, 3.63) is 91.4 Å². The van der Waals surface area contributed by atoms with E-state index in [1.54, 1.807) is 18.2 Å². The molecule has 0 spiro atoms. The summed E-state index contributed by atoms with van der Waals surface area (Å²) in [7, 11) is 0. The molecule has 0 aliphatic heterocycles. The molecule has 158 valence electrons. The average molecular weight is 509 g/mol. The molecular formula is C22H14BrClF3N3O. The molecule has 0 atom stereocenters. The van der Waals surface area contributed by atoms with Crippen LogP contribution in [0.1, 0.15) is 16.8 Å². The summed E-state index contributed by atoms with van der Waals surface area (Å²) < 4.78 is 41.0. The van der Waals surface area contributed by atoms with Crippen molar-refractivity contribution in [1.82, 2.24) is 14.5 Å². The third kappa shape index (κ3) is 4.22. The topological polar surface area (TPSA) is 47.8 Å². The number of pyridine rings is 1. The second-order valence-corrected chi connectivity index (χ2v) is 8.28. The SMILES string of the molecule is Cc1ccccc1-c1nc2ccc(Br)cc2c(=O)n1Cc1ncc(C(F)(F)F)cc1Cl. The second-order valence-electron chi connectivity index (χ2n) is 6.95. The molecule has 0 saturated heterocycles. The number of hydrogen-bond acceptors (Lipinski definition) is 3. The second kappa shape index (κ2) is 8.09. The third-order valence-electron chi connectivity index (χ3n) is 4.85. The summed E-state index contributed by atoms with van der Waals surface area (Å²) in [4.78, 5) is 21.9. The molecule has 2 heterocycles. The minimum Gasteiger partial charge on any atom is -0.286 e. The Morgan fingerprint density at radius 1 is 1.13 bits per heavy atom. The molecule has 9 heteroatoms. The van der Waals surface area contributed by atoms with E-state index in [-0.39, 0.29) is 22.8 Å². The van der Waals surface area contributed by atoms with Crippen LogP contribution in [0.3, 0.4) is 0 Å². The molecule has 4 aromatic rings. The van der Waals surface area contributed by atoms with Crippen LogP contribution in [0.4, 0.5) is 13.2 Å². The van der Waals surface area contributed by atoms with Crippen LogP contribution in [0.25, 0.3) is 22.3 Å². The van der Waals surface area contributed by atoms with Crippen molar-refractivity contribution in [2.24, 2.45) is 0 Å². The van der Waals surface area contributed by atoms with Crippen LogP contribution in [0, 0.1) is 6.92 Å². The van der Waals surface area contributed by atoms with E-state index in [1.807, 2.05) is 31.2 Å². The fourth-order valence-corrected chi connectivity index (χ4v) is 3.84. The van der Waals surface area contributed by atoms with Crippen LogP contribution in [0.15, 0.2) is 64.0 Å². The lowest BCUT2D eigenvalue weighted by molar-refractivity contribution is -0.137. The normalized spacial score (nSPS) is 11.8. The lowest BCUT2D eigenvalue weighted by Gasteiger charge is -2.16. The Morgan fingerprint density at radius 3 is 2.55 bits per heavy atom. The van der Waals surface area contributed by atoms with Crippen LogP contribution >= 0.6 is 27.5 Å². The molecule has 31 heavy (non-hydrogen) atoms. The summed E-state index contributed by atoms with van der Waals surface area (Å²) in [6.45, 7) is 1.76. The molecule has 4 rings (SSSR count). The first-order chi connectivity index (χ1) is 14.6. The zero-order valence-corrected chi connectivity index (χ0v) is 18.4. The monoisotopic (exact) mass is 507 g/mol. The molecule has 0 aliphatic carbocycles. The number of benzene rings is 2. The van der Waals surface area contributed by atoms with E-state index in [2.05, 4.69) is 25.9 Å². The molecule has 0 aliphatic rings. The summed E-state index contributed by atoms with van der Waals surface area (Å²) in [5, 5.41) is 0.196. The van der Waals surface area contributed by atoms with Gasteiger partial charge in [-0.15, -0.1) is 0 Å². The molecule has 0 unspecified atom stereocenters. The van der Waals surface area contributed by atoms with E-state index in [9.17, 15) is 18.0 Å². The Bertz CT molecular complexity index is 1370. The Morgan fingerprint density at radius 2 is 1.87 bits per heavy atom. The van der Waals surface area contributed by atoms with Crippen molar-refractivity contribution in [2.75, 3.05) is 0 Å². The Kier molecular flexibility index (Phi) is 5.61. The van der Waals surface area contributed by atoms with Gasteiger partial charge in [0, 0.05) is 16.2 Å². The first-order valence-electron chi connectivity index (χ1n) is 9.13. The van der Waals surface area contributed by atoms with Gasteiger partial charge in [-0.05, 0) is 36.8 Å². The number of alkyl halides is 3. The molecule has 0 saturated carbocycles. The standard InChI is InChI=1S/C22H14BrClF3N3O/c1-12-4-2-3-5-15(12)20-29-18-7-6-14(23)9-16(18)21(31)30(20)11-19-17(24)8-13(10-28-19)22(25,26)27/h2-10H,11H2,1H3. The largest absolute Gasteiger partial charge is 0.417 e. The summed E-state index contributed by atoms with van der Waals surface area (Å²) in [6.07, 6.45) is -3.85. The molecule has 0 bridgehead atoms. The molecule has 0 radical (unpaired) electrons. The number of hydrogen-bond donors (Lipinski definition) is 0. The zero-order chi connectivity index (χ0) is 22.3. The predicted molar refractivity (Wildman–Crippen MR) is 117 cm³/mol. The van der Waals surface area contributed by atoms with Gasteiger partial charge in [-0.1, -0.05) is 51.8 Å². The van der Waals surface area contributed by atoms with Gasteiger partial charge in [-0.3, -0.25) is 14.3 Å². The van der Waals surface area contributed by atoms with E-state index in [0.717, 1.165) is 17.2 Å². The quantitative estimate of drug-likeness (QED) is 0.329. The van der Waals surface area contributed by atoms with E-state index < -0.39 is 11.7 Å². The summed E-state index contributed by atoms with van der Waals surface area (Å²) >= 11 is 9.46. The number of aryl methyl sites for hydroxylation is 1. The molecule has 0 amide bonds. The van der Waals surface area contributed by atoms with Gasteiger partial charge in [-0.25, -0.2) is 4.98 Å². The molecule has 4 nitrogen and oxygen atoms in total. The zero-order valence-electron chi connectivity index (χ0n) is 16.0. The highest BCUT2D eigenvalue weighted by molar-refractivity contribution is 9.10. The fourth-order valence-electron chi connectivity index (χ4n) is 3.26. The number of rotatable bonds is 3. The van der Waals surface area contributed by atoms with Crippen molar-refractivity contribution in [2.45, 2.75) is 19.6 Å². The highest BCUT2D eigenvalue weighted by Gasteiger charge is 2.31. The van der Waals surface area contributed by atoms with E-state index in [0.29, 0.717) is 27.4 Å². The summed E-state index contributed by atoms with van der Waals surface area (Å²) in [5.74, 6) is 0.385. The van der Waals surface area contributed by atoms with Crippen LogP contribution in [0.2, 0.25) is 5.02 Å². The maximum atomic E-state index is 13.4. The number of aromatic nitrogens is 3. The van der Waals surface area contributed by atoms with Crippen LogP contribution < -0.4 is 5.56 Å². The van der Waals surface area contributed by atoms with Crippen LogP contribution in [-0.2, 0) is 12.7 Å². The number of fused-ring (bicyclic) bond motifs is 1. The molecule has 2 aromatic heterocycles. The van der Waals surface area contributed by atoms with Gasteiger partial charge in [0.05, 0.1) is 33.7 Å². The average Bonchev–Trinajstić information content (AvgIpc) is 2.71. The van der Waals surface area contributed by atoms with Crippen molar-refractivity contribution >= 4 is 38.4 Å². The van der Waals surface area contributed by atoms with Gasteiger partial charge in [0.25, 0.3) is 5.56 Å². The first-order valence-corrected chi connectivity index (χ1v) is 10.3. The van der Waals surface area contributed by atoms with E-state index in [1.165, 1.54) is 4.57 Å². The molecular weight excluding hydrogens is 495 g/mol. The smallest absolute Gasteiger partial charge is 0.286 e. The van der Waals surface area contributed by atoms with Crippen molar-refractivity contribution in [1.29, 1.82) is 0 Å². The lowest BCUT2D eigenvalue weighted by Crippen LogP contribution is -2.25. The maximum Gasteiger partial charge on any atom is 0.417 e.